The van der Waals surface area contributed by atoms with Crippen molar-refractivity contribution in [3.05, 3.63) is 28.8 Å². The van der Waals surface area contributed by atoms with Crippen LogP contribution in [-0.4, -0.2) is 40.7 Å². The Bertz CT molecular complexity index is 501. The van der Waals surface area contributed by atoms with E-state index in [0.29, 0.717) is 23.7 Å². The van der Waals surface area contributed by atoms with Crippen molar-refractivity contribution in [2.24, 2.45) is 0 Å². The van der Waals surface area contributed by atoms with Gasteiger partial charge in [-0.25, -0.2) is 0 Å². The van der Waals surface area contributed by atoms with Gasteiger partial charge in [-0.3, -0.25) is 4.79 Å². The second kappa shape index (κ2) is 5.02. The number of phenols is 1. The Morgan fingerprint density at radius 2 is 2.21 bits per heavy atom. The Morgan fingerprint density at radius 1 is 1.53 bits per heavy atom. The van der Waals surface area contributed by atoms with Gasteiger partial charge in [0, 0.05) is 13.1 Å². The molecule has 0 spiro atoms. The number of nitrogens with zero attached hydrogens (tertiary/aromatic N) is 1. The summed E-state index contributed by atoms with van der Waals surface area (Å²) in [6, 6.07) is 4.39. The molecular weight excluding hydrogens is 266 g/mol. The van der Waals surface area contributed by atoms with Gasteiger partial charge in [-0.1, -0.05) is 11.6 Å². The normalized spacial score (nSPS) is 22.3. The zero-order valence-corrected chi connectivity index (χ0v) is 12.1. The van der Waals surface area contributed by atoms with E-state index in [4.69, 9.17) is 16.3 Å². The van der Waals surface area contributed by atoms with E-state index < -0.39 is 0 Å². The topological polar surface area (TPSA) is 49.8 Å². The summed E-state index contributed by atoms with van der Waals surface area (Å²) in [5, 5.41) is 9.83. The summed E-state index contributed by atoms with van der Waals surface area (Å²) in [4.78, 5) is 14.2. The molecule has 0 radical (unpaired) electrons. The lowest BCUT2D eigenvalue weighted by atomic mass is 10.0. The minimum absolute atomic E-state index is 0.0243. The first-order valence-corrected chi connectivity index (χ1v) is 6.62. The van der Waals surface area contributed by atoms with E-state index in [2.05, 4.69) is 0 Å². The fraction of sp³-hybridized carbons (Fsp3) is 0.500. The average Bonchev–Trinajstić information content (AvgIpc) is 2.29. The van der Waals surface area contributed by atoms with Crippen LogP contribution in [0.5, 0.6) is 5.75 Å². The van der Waals surface area contributed by atoms with Crippen LogP contribution >= 0.6 is 11.6 Å². The molecule has 1 heterocycles. The average molecular weight is 284 g/mol. The lowest BCUT2D eigenvalue weighted by Crippen LogP contribution is -2.53. The Labute approximate surface area is 117 Å². The van der Waals surface area contributed by atoms with Crippen LogP contribution < -0.4 is 0 Å². The van der Waals surface area contributed by atoms with Gasteiger partial charge in [0.25, 0.3) is 5.91 Å². The van der Waals surface area contributed by atoms with Gasteiger partial charge >= 0.3 is 0 Å². The van der Waals surface area contributed by atoms with Gasteiger partial charge in [0.1, 0.15) is 5.75 Å². The minimum Gasteiger partial charge on any atom is -0.508 e. The predicted octanol–water partition coefficient (Wildman–Crippen LogP) is 2.69. The molecule has 0 aromatic heterocycles. The highest BCUT2D eigenvalue weighted by Gasteiger charge is 2.34. The molecule has 1 amide bonds. The van der Waals surface area contributed by atoms with Crippen LogP contribution in [0.4, 0.5) is 0 Å². The number of aromatic hydroxyl groups is 1. The Balaban J connectivity index is 2.26. The summed E-state index contributed by atoms with van der Waals surface area (Å²) in [5.74, 6) is -0.141. The molecule has 1 N–H and O–H groups in total. The standard InChI is InChI=1S/C14H18ClNO3/c1-9-7-16(8-14(2,3)19-9)13(18)11-6-10(17)4-5-12(11)15/h4-6,9,17H,7-8H2,1-3H3. The molecule has 1 aromatic carbocycles. The molecule has 1 saturated heterocycles. The van der Waals surface area contributed by atoms with Crippen molar-refractivity contribution in [2.75, 3.05) is 13.1 Å². The number of morpholine rings is 1. The molecule has 0 saturated carbocycles. The van der Waals surface area contributed by atoms with Crippen LogP contribution in [-0.2, 0) is 4.74 Å². The van der Waals surface area contributed by atoms with Gasteiger partial charge in [0.2, 0.25) is 0 Å². The summed E-state index contributed by atoms with van der Waals surface area (Å²) in [5.41, 5.74) is -0.0528. The number of amides is 1. The smallest absolute Gasteiger partial charge is 0.255 e. The molecule has 5 heteroatoms. The van der Waals surface area contributed by atoms with Gasteiger partial charge in [0.05, 0.1) is 22.3 Å². The van der Waals surface area contributed by atoms with Crippen molar-refractivity contribution >= 4 is 17.5 Å². The van der Waals surface area contributed by atoms with E-state index in [-0.39, 0.29) is 23.4 Å². The summed E-state index contributed by atoms with van der Waals surface area (Å²) >= 11 is 6.03. The molecular formula is C14H18ClNO3. The first-order valence-electron chi connectivity index (χ1n) is 6.24. The molecule has 2 rings (SSSR count). The van der Waals surface area contributed by atoms with Gasteiger partial charge in [-0.2, -0.15) is 0 Å². The van der Waals surface area contributed by atoms with Crippen LogP contribution in [0.1, 0.15) is 31.1 Å². The number of carbonyl (C=O) groups excluding carboxylic acids is 1. The number of rotatable bonds is 1. The third-order valence-corrected chi connectivity index (χ3v) is 3.37. The number of hydrogen-bond donors (Lipinski definition) is 1. The predicted molar refractivity (Wildman–Crippen MR) is 73.6 cm³/mol. The van der Waals surface area contributed by atoms with Crippen molar-refractivity contribution < 1.29 is 14.6 Å². The molecule has 1 aliphatic rings. The maximum atomic E-state index is 12.5. The van der Waals surface area contributed by atoms with Crippen LogP contribution in [0.25, 0.3) is 0 Å². The largest absolute Gasteiger partial charge is 0.508 e. The number of benzene rings is 1. The van der Waals surface area contributed by atoms with E-state index >= 15 is 0 Å². The SMILES string of the molecule is CC1CN(C(=O)c2cc(O)ccc2Cl)CC(C)(C)O1. The van der Waals surface area contributed by atoms with Gasteiger partial charge in [-0.15, -0.1) is 0 Å². The van der Waals surface area contributed by atoms with Crippen LogP contribution in [0.3, 0.4) is 0 Å². The van der Waals surface area contributed by atoms with Crippen molar-refractivity contribution in [1.82, 2.24) is 4.90 Å². The van der Waals surface area contributed by atoms with E-state index in [1.54, 1.807) is 4.90 Å². The van der Waals surface area contributed by atoms with Gasteiger partial charge < -0.3 is 14.7 Å². The highest BCUT2D eigenvalue weighted by atomic mass is 35.5. The third-order valence-electron chi connectivity index (χ3n) is 3.04. The second-order valence-corrected chi connectivity index (χ2v) is 5.95. The number of hydrogen-bond acceptors (Lipinski definition) is 3. The highest BCUT2D eigenvalue weighted by molar-refractivity contribution is 6.33. The maximum Gasteiger partial charge on any atom is 0.255 e. The Morgan fingerprint density at radius 3 is 2.84 bits per heavy atom. The molecule has 4 nitrogen and oxygen atoms in total. The molecule has 0 bridgehead atoms. The lowest BCUT2D eigenvalue weighted by molar-refractivity contribution is -0.118. The third kappa shape index (κ3) is 3.19. The lowest BCUT2D eigenvalue weighted by Gasteiger charge is -2.41. The highest BCUT2D eigenvalue weighted by Crippen LogP contribution is 2.26. The first-order chi connectivity index (χ1) is 8.78. The van der Waals surface area contributed by atoms with Crippen LogP contribution in [0.2, 0.25) is 5.02 Å². The number of halogens is 1. The number of carbonyl (C=O) groups is 1. The second-order valence-electron chi connectivity index (χ2n) is 5.54. The molecule has 0 aliphatic carbocycles. The van der Waals surface area contributed by atoms with E-state index in [1.165, 1.54) is 18.2 Å². The summed E-state index contributed by atoms with van der Waals surface area (Å²) in [6.45, 7) is 6.86. The monoisotopic (exact) mass is 283 g/mol. The quantitative estimate of drug-likeness (QED) is 0.862. The molecule has 1 aromatic rings. The summed E-state index contributed by atoms with van der Waals surface area (Å²) in [7, 11) is 0. The Kier molecular flexibility index (Phi) is 3.74. The maximum absolute atomic E-state index is 12.5. The number of ether oxygens (including phenoxy) is 1. The zero-order valence-electron chi connectivity index (χ0n) is 11.3. The van der Waals surface area contributed by atoms with Gasteiger partial charge in [-0.05, 0) is 39.0 Å². The van der Waals surface area contributed by atoms with Gasteiger partial charge in [0.15, 0.2) is 0 Å². The van der Waals surface area contributed by atoms with Crippen molar-refractivity contribution in [3.63, 3.8) is 0 Å². The van der Waals surface area contributed by atoms with E-state index in [9.17, 15) is 9.90 Å². The molecule has 1 unspecified atom stereocenters. The molecule has 1 fully saturated rings. The fourth-order valence-corrected chi connectivity index (χ4v) is 2.65. The van der Waals surface area contributed by atoms with Crippen molar-refractivity contribution in [2.45, 2.75) is 32.5 Å². The summed E-state index contributed by atoms with van der Waals surface area (Å²) in [6.07, 6.45) is -0.0243. The van der Waals surface area contributed by atoms with E-state index in [1.807, 2.05) is 20.8 Å². The van der Waals surface area contributed by atoms with Crippen molar-refractivity contribution in [3.8, 4) is 5.75 Å². The zero-order chi connectivity index (χ0) is 14.2. The molecule has 1 atom stereocenters. The van der Waals surface area contributed by atoms with Crippen molar-refractivity contribution in [1.29, 1.82) is 0 Å². The Hall–Kier alpha value is -1.26. The van der Waals surface area contributed by atoms with E-state index in [0.717, 1.165) is 0 Å². The molecule has 104 valence electrons. The summed E-state index contributed by atoms with van der Waals surface area (Å²) < 4.78 is 5.77. The number of phenolic OH excluding ortho intramolecular Hbond substituents is 1. The van der Waals surface area contributed by atoms with Crippen LogP contribution in [0, 0.1) is 0 Å². The molecule has 1 aliphatic heterocycles. The molecule has 19 heavy (non-hydrogen) atoms. The van der Waals surface area contributed by atoms with Crippen LogP contribution in [0.15, 0.2) is 18.2 Å². The minimum atomic E-state index is -0.378. The first kappa shape index (κ1) is 14.2. The fourth-order valence-electron chi connectivity index (χ4n) is 2.46.